The van der Waals surface area contributed by atoms with Crippen molar-refractivity contribution in [3.05, 3.63) is 23.8 Å². The van der Waals surface area contributed by atoms with Crippen molar-refractivity contribution in [1.82, 2.24) is 4.72 Å². The molecular formula is C11H17NO3S. The lowest BCUT2D eigenvalue weighted by Gasteiger charge is -2.13. The van der Waals surface area contributed by atoms with E-state index >= 15 is 0 Å². The summed E-state index contributed by atoms with van der Waals surface area (Å²) in [6.45, 7) is 3.99. The number of benzene rings is 1. The predicted molar refractivity (Wildman–Crippen MR) is 63.3 cm³/mol. The average Bonchev–Trinajstić information content (AvgIpc) is 2.28. The molecular weight excluding hydrogens is 226 g/mol. The van der Waals surface area contributed by atoms with E-state index < -0.39 is 10.0 Å². The summed E-state index contributed by atoms with van der Waals surface area (Å²) in [6, 6.07) is 4.87. The zero-order valence-electron chi connectivity index (χ0n) is 9.94. The van der Waals surface area contributed by atoms with Crippen LogP contribution in [0.25, 0.3) is 0 Å². The van der Waals surface area contributed by atoms with Crippen molar-refractivity contribution in [3.8, 4) is 5.75 Å². The fourth-order valence-corrected chi connectivity index (χ4v) is 2.21. The van der Waals surface area contributed by atoms with Gasteiger partial charge in [-0.25, -0.2) is 13.1 Å². The first-order chi connectivity index (χ1) is 7.42. The molecule has 1 aromatic carbocycles. The maximum atomic E-state index is 11.6. The highest BCUT2D eigenvalue weighted by Gasteiger charge is 2.15. The third-order valence-corrected chi connectivity index (χ3v) is 3.81. The van der Waals surface area contributed by atoms with Crippen LogP contribution in [0, 0.1) is 0 Å². The SMILES string of the molecule is CNS(=O)(=O)c1ccc(OC)c(C(C)C)c1. The van der Waals surface area contributed by atoms with Gasteiger partial charge < -0.3 is 4.74 Å². The van der Waals surface area contributed by atoms with E-state index in [1.54, 1.807) is 19.2 Å². The Kier molecular flexibility index (Phi) is 3.93. The van der Waals surface area contributed by atoms with Crippen LogP contribution in [0.5, 0.6) is 5.75 Å². The smallest absolute Gasteiger partial charge is 0.240 e. The third kappa shape index (κ3) is 2.54. The van der Waals surface area contributed by atoms with Gasteiger partial charge in [0.05, 0.1) is 12.0 Å². The highest BCUT2D eigenvalue weighted by molar-refractivity contribution is 7.89. The molecule has 1 N–H and O–H groups in total. The minimum atomic E-state index is -3.38. The molecule has 0 aliphatic heterocycles. The normalized spacial score (nSPS) is 11.8. The number of methoxy groups -OCH3 is 1. The van der Waals surface area contributed by atoms with Crippen LogP contribution in [-0.4, -0.2) is 22.6 Å². The summed E-state index contributed by atoms with van der Waals surface area (Å²) in [4.78, 5) is 0.263. The van der Waals surface area contributed by atoms with Gasteiger partial charge >= 0.3 is 0 Å². The Morgan fingerprint density at radius 2 is 1.94 bits per heavy atom. The van der Waals surface area contributed by atoms with Crippen LogP contribution in [0.1, 0.15) is 25.3 Å². The molecule has 5 heteroatoms. The first-order valence-electron chi connectivity index (χ1n) is 5.04. The standard InChI is InChI=1S/C11H17NO3S/c1-8(2)10-7-9(16(13,14)12-3)5-6-11(10)15-4/h5-8,12H,1-4H3. The van der Waals surface area contributed by atoms with E-state index in [0.29, 0.717) is 5.75 Å². The Hall–Kier alpha value is -1.07. The highest BCUT2D eigenvalue weighted by atomic mass is 32.2. The second-order valence-electron chi connectivity index (χ2n) is 3.77. The molecule has 0 unspecified atom stereocenters. The summed E-state index contributed by atoms with van der Waals surface area (Å²) in [7, 11) is -0.410. The Labute approximate surface area is 96.7 Å². The lowest BCUT2D eigenvalue weighted by atomic mass is 10.0. The highest BCUT2D eigenvalue weighted by Crippen LogP contribution is 2.28. The lowest BCUT2D eigenvalue weighted by molar-refractivity contribution is 0.407. The molecule has 0 bridgehead atoms. The van der Waals surface area contributed by atoms with Crippen molar-refractivity contribution < 1.29 is 13.2 Å². The van der Waals surface area contributed by atoms with Crippen LogP contribution in [0.2, 0.25) is 0 Å². The Morgan fingerprint density at radius 3 is 2.38 bits per heavy atom. The van der Waals surface area contributed by atoms with Crippen molar-refractivity contribution in [1.29, 1.82) is 0 Å². The summed E-state index contributed by atoms with van der Waals surface area (Å²) >= 11 is 0. The van der Waals surface area contributed by atoms with Gasteiger partial charge in [0.15, 0.2) is 0 Å². The number of hydrogen-bond acceptors (Lipinski definition) is 3. The van der Waals surface area contributed by atoms with Crippen LogP contribution in [0.3, 0.4) is 0 Å². The second-order valence-corrected chi connectivity index (χ2v) is 5.65. The maximum absolute atomic E-state index is 11.6. The topological polar surface area (TPSA) is 55.4 Å². The molecule has 1 rings (SSSR count). The van der Waals surface area contributed by atoms with Crippen LogP contribution in [-0.2, 0) is 10.0 Å². The Balaban J connectivity index is 3.33. The molecule has 0 fully saturated rings. The van der Waals surface area contributed by atoms with Gasteiger partial charge in [0.1, 0.15) is 5.75 Å². The Morgan fingerprint density at radius 1 is 1.31 bits per heavy atom. The zero-order chi connectivity index (χ0) is 12.3. The fraction of sp³-hybridized carbons (Fsp3) is 0.455. The largest absolute Gasteiger partial charge is 0.496 e. The van der Waals surface area contributed by atoms with E-state index in [0.717, 1.165) is 5.56 Å². The van der Waals surface area contributed by atoms with Gasteiger partial charge in [-0.2, -0.15) is 0 Å². The summed E-state index contributed by atoms with van der Waals surface area (Å²) in [5.41, 5.74) is 0.888. The van der Waals surface area contributed by atoms with E-state index in [1.807, 2.05) is 13.8 Å². The van der Waals surface area contributed by atoms with Gasteiger partial charge in [-0.3, -0.25) is 0 Å². The molecule has 1 aromatic rings. The molecule has 0 saturated heterocycles. The van der Waals surface area contributed by atoms with Crippen LogP contribution in [0.4, 0.5) is 0 Å². The lowest BCUT2D eigenvalue weighted by Crippen LogP contribution is -2.18. The summed E-state index contributed by atoms with van der Waals surface area (Å²) in [5.74, 6) is 0.923. The van der Waals surface area contributed by atoms with Crippen LogP contribution < -0.4 is 9.46 Å². The van der Waals surface area contributed by atoms with Crippen molar-refractivity contribution >= 4 is 10.0 Å². The molecule has 0 saturated carbocycles. The number of ether oxygens (including phenoxy) is 1. The molecule has 0 aliphatic rings. The van der Waals surface area contributed by atoms with Crippen LogP contribution >= 0.6 is 0 Å². The summed E-state index contributed by atoms with van der Waals surface area (Å²) < 4.78 is 30.7. The molecule has 0 amide bonds. The molecule has 0 aliphatic carbocycles. The third-order valence-electron chi connectivity index (χ3n) is 2.40. The molecule has 0 spiro atoms. The summed E-state index contributed by atoms with van der Waals surface area (Å²) in [5, 5.41) is 0. The van der Waals surface area contributed by atoms with Gasteiger partial charge in [-0.1, -0.05) is 13.8 Å². The van der Waals surface area contributed by atoms with Crippen molar-refractivity contribution in [2.24, 2.45) is 0 Å². The van der Waals surface area contributed by atoms with E-state index in [-0.39, 0.29) is 10.8 Å². The van der Waals surface area contributed by atoms with Gasteiger partial charge in [-0.15, -0.1) is 0 Å². The zero-order valence-corrected chi connectivity index (χ0v) is 10.8. The predicted octanol–water partition coefficient (Wildman–Crippen LogP) is 1.73. The number of rotatable bonds is 4. The van der Waals surface area contributed by atoms with E-state index in [2.05, 4.69) is 4.72 Å². The first-order valence-corrected chi connectivity index (χ1v) is 6.52. The van der Waals surface area contributed by atoms with Gasteiger partial charge in [0, 0.05) is 0 Å². The van der Waals surface area contributed by atoms with Gasteiger partial charge in [-0.05, 0) is 36.7 Å². The molecule has 90 valence electrons. The van der Waals surface area contributed by atoms with Crippen molar-refractivity contribution in [2.45, 2.75) is 24.7 Å². The monoisotopic (exact) mass is 243 g/mol. The van der Waals surface area contributed by atoms with Crippen molar-refractivity contribution in [2.75, 3.05) is 14.2 Å². The van der Waals surface area contributed by atoms with E-state index in [9.17, 15) is 8.42 Å². The summed E-state index contributed by atoms with van der Waals surface area (Å²) in [6.07, 6.45) is 0. The van der Waals surface area contributed by atoms with Crippen LogP contribution in [0.15, 0.2) is 23.1 Å². The average molecular weight is 243 g/mol. The van der Waals surface area contributed by atoms with Crippen molar-refractivity contribution in [3.63, 3.8) is 0 Å². The molecule has 4 nitrogen and oxygen atoms in total. The molecule has 16 heavy (non-hydrogen) atoms. The minimum absolute atomic E-state index is 0.210. The molecule has 0 aromatic heterocycles. The fourth-order valence-electron chi connectivity index (χ4n) is 1.45. The number of hydrogen-bond donors (Lipinski definition) is 1. The second kappa shape index (κ2) is 4.84. The minimum Gasteiger partial charge on any atom is -0.496 e. The molecule has 0 heterocycles. The van der Waals surface area contributed by atoms with Gasteiger partial charge in [0.25, 0.3) is 0 Å². The van der Waals surface area contributed by atoms with Gasteiger partial charge in [0.2, 0.25) is 10.0 Å². The number of sulfonamides is 1. The first kappa shape index (κ1) is 13.0. The maximum Gasteiger partial charge on any atom is 0.240 e. The number of nitrogens with one attached hydrogen (secondary N) is 1. The Bertz CT molecular complexity index is 466. The molecule has 0 radical (unpaired) electrons. The quantitative estimate of drug-likeness (QED) is 0.876. The van der Waals surface area contributed by atoms with E-state index in [4.69, 9.17) is 4.74 Å². The van der Waals surface area contributed by atoms with E-state index in [1.165, 1.54) is 13.1 Å². The molecule has 0 atom stereocenters.